The van der Waals surface area contributed by atoms with Gasteiger partial charge in [0.25, 0.3) is 0 Å². The summed E-state index contributed by atoms with van der Waals surface area (Å²) in [5.41, 5.74) is 2.36. The summed E-state index contributed by atoms with van der Waals surface area (Å²) in [5.74, 6) is 0. The van der Waals surface area contributed by atoms with E-state index in [0.29, 0.717) is 0 Å². The molecular formula is C10H16N4. The van der Waals surface area contributed by atoms with E-state index in [-0.39, 0.29) is 0 Å². The largest absolute Gasteiger partial charge is 0.385 e. The Hall–Kier alpha value is -1.29. The molecular weight excluding hydrogens is 176 g/mol. The molecule has 0 unspecified atom stereocenters. The van der Waals surface area contributed by atoms with E-state index < -0.39 is 0 Å². The van der Waals surface area contributed by atoms with Crippen molar-refractivity contribution in [1.82, 2.24) is 10.3 Å². The summed E-state index contributed by atoms with van der Waals surface area (Å²) in [7, 11) is 1.93. The number of pyridine rings is 1. The van der Waals surface area contributed by atoms with Crippen molar-refractivity contribution in [1.29, 1.82) is 0 Å². The van der Waals surface area contributed by atoms with Crippen molar-refractivity contribution in [2.75, 3.05) is 43.4 Å². The van der Waals surface area contributed by atoms with E-state index in [1.165, 1.54) is 5.69 Å². The van der Waals surface area contributed by atoms with E-state index in [0.717, 1.165) is 31.9 Å². The van der Waals surface area contributed by atoms with Gasteiger partial charge >= 0.3 is 0 Å². The highest BCUT2D eigenvalue weighted by molar-refractivity contribution is 5.68. The van der Waals surface area contributed by atoms with Crippen molar-refractivity contribution in [2.24, 2.45) is 0 Å². The van der Waals surface area contributed by atoms with Gasteiger partial charge in [-0.25, -0.2) is 0 Å². The predicted molar refractivity (Wildman–Crippen MR) is 58.9 cm³/mol. The van der Waals surface area contributed by atoms with Gasteiger partial charge in [0.2, 0.25) is 0 Å². The van der Waals surface area contributed by atoms with Crippen molar-refractivity contribution in [3.05, 3.63) is 18.5 Å². The maximum Gasteiger partial charge on any atom is 0.0761 e. The summed E-state index contributed by atoms with van der Waals surface area (Å²) in [6.45, 7) is 4.26. The van der Waals surface area contributed by atoms with E-state index in [4.69, 9.17) is 0 Å². The van der Waals surface area contributed by atoms with Crippen LogP contribution in [0.4, 0.5) is 11.4 Å². The SMILES string of the molecule is CNc1cnccc1N1CCNCC1. The molecule has 2 rings (SSSR count). The number of anilines is 2. The van der Waals surface area contributed by atoms with Gasteiger partial charge in [-0.05, 0) is 6.07 Å². The third kappa shape index (κ3) is 1.80. The molecule has 0 aliphatic carbocycles. The van der Waals surface area contributed by atoms with Crippen LogP contribution in [-0.4, -0.2) is 38.2 Å². The van der Waals surface area contributed by atoms with Crippen molar-refractivity contribution in [3.8, 4) is 0 Å². The van der Waals surface area contributed by atoms with E-state index in [9.17, 15) is 0 Å². The summed E-state index contributed by atoms with van der Waals surface area (Å²) in [5, 5.41) is 6.51. The molecule has 4 nitrogen and oxygen atoms in total. The number of hydrogen-bond donors (Lipinski definition) is 2. The molecule has 1 saturated heterocycles. The Bertz CT molecular complexity index is 294. The monoisotopic (exact) mass is 192 g/mol. The second kappa shape index (κ2) is 4.28. The van der Waals surface area contributed by atoms with E-state index in [1.807, 2.05) is 19.4 Å². The molecule has 1 aliphatic rings. The summed E-state index contributed by atoms with van der Waals surface area (Å²) < 4.78 is 0. The molecule has 4 heteroatoms. The van der Waals surface area contributed by atoms with E-state index in [2.05, 4.69) is 26.6 Å². The van der Waals surface area contributed by atoms with E-state index >= 15 is 0 Å². The fourth-order valence-corrected chi connectivity index (χ4v) is 1.76. The van der Waals surface area contributed by atoms with Gasteiger partial charge in [0.15, 0.2) is 0 Å². The highest BCUT2D eigenvalue weighted by atomic mass is 15.2. The molecule has 2 N–H and O–H groups in total. The van der Waals surface area contributed by atoms with Gasteiger partial charge in [0.1, 0.15) is 0 Å². The molecule has 0 aromatic carbocycles. The summed E-state index contributed by atoms with van der Waals surface area (Å²) >= 11 is 0. The third-order valence-electron chi connectivity index (χ3n) is 2.53. The number of hydrogen-bond acceptors (Lipinski definition) is 4. The lowest BCUT2D eigenvalue weighted by Gasteiger charge is -2.30. The Balaban J connectivity index is 2.20. The zero-order chi connectivity index (χ0) is 9.80. The lowest BCUT2D eigenvalue weighted by atomic mass is 10.2. The zero-order valence-electron chi connectivity index (χ0n) is 8.45. The van der Waals surface area contributed by atoms with Crippen LogP contribution in [-0.2, 0) is 0 Å². The Labute approximate surface area is 84.3 Å². The van der Waals surface area contributed by atoms with Crippen LogP contribution in [0.1, 0.15) is 0 Å². The zero-order valence-corrected chi connectivity index (χ0v) is 8.45. The van der Waals surface area contributed by atoms with Gasteiger partial charge in [0, 0.05) is 39.4 Å². The summed E-state index contributed by atoms with van der Waals surface area (Å²) in [6.07, 6.45) is 3.72. The Kier molecular flexibility index (Phi) is 2.84. The molecule has 1 fully saturated rings. The first-order valence-corrected chi connectivity index (χ1v) is 4.99. The fourth-order valence-electron chi connectivity index (χ4n) is 1.76. The molecule has 1 aromatic rings. The van der Waals surface area contributed by atoms with Crippen LogP contribution in [0.25, 0.3) is 0 Å². The minimum absolute atomic E-state index is 1.06. The molecule has 1 aliphatic heterocycles. The van der Waals surface area contributed by atoms with Crippen LogP contribution in [0.5, 0.6) is 0 Å². The molecule has 0 saturated carbocycles. The van der Waals surface area contributed by atoms with Crippen molar-refractivity contribution < 1.29 is 0 Å². The fraction of sp³-hybridized carbons (Fsp3) is 0.500. The Morgan fingerprint density at radius 3 is 2.93 bits per heavy atom. The molecule has 14 heavy (non-hydrogen) atoms. The molecule has 0 atom stereocenters. The van der Waals surface area contributed by atoms with E-state index in [1.54, 1.807) is 0 Å². The quantitative estimate of drug-likeness (QED) is 0.717. The van der Waals surface area contributed by atoms with Crippen LogP contribution in [0.15, 0.2) is 18.5 Å². The van der Waals surface area contributed by atoms with Crippen molar-refractivity contribution in [2.45, 2.75) is 0 Å². The molecule has 0 spiro atoms. The van der Waals surface area contributed by atoms with Gasteiger partial charge in [0.05, 0.1) is 17.6 Å². The number of piperazine rings is 1. The number of nitrogens with one attached hydrogen (secondary N) is 2. The molecule has 1 aromatic heterocycles. The lowest BCUT2D eigenvalue weighted by molar-refractivity contribution is 0.589. The lowest BCUT2D eigenvalue weighted by Crippen LogP contribution is -2.43. The molecule has 76 valence electrons. The first-order chi connectivity index (χ1) is 6.92. The maximum atomic E-state index is 4.11. The third-order valence-corrected chi connectivity index (χ3v) is 2.53. The van der Waals surface area contributed by atoms with Crippen LogP contribution in [0, 0.1) is 0 Å². The minimum Gasteiger partial charge on any atom is -0.385 e. The average molecular weight is 192 g/mol. The summed E-state index contributed by atoms with van der Waals surface area (Å²) in [6, 6.07) is 2.07. The topological polar surface area (TPSA) is 40.2 Å². The smallest absolute Gasteiger partial charge is 0.0761 e. The molecule has 2 heterocycles. The molecule has 0 bridgehead atoms. The number of rotatable bonds is 2. The first-order valence-electron chi connectivity index (χ1n) is 4.99. The van der Waals surface area contributed by atoms with Crippen molar-refractivity contribution >= 4 is 11.4 Å². The van der Waals surface area contributed by atoms with Gasteiger partial charge in [-0.15, -0.1) is 0 Å². The van der Waals surface area contributed by atoms with Crippen molar-refractivity contribution in [3.63, 3.8) is 0 Å². The summed E-state index contributed by atoms with van der Waals surface area (Å²) in [4.78, 5) is 6.49. The van der Waals surface area contributed by atoms with Gasteiger partial charge < -0.3 is 15.5 Å². The van der Waals surface area contributed by atoms with Gasteiger partial charge in [-0.3, -0.25) is 4.98 Å². The van der Waals surface area contributed by atoms with Gasteiger partial charge in [-0.2, -0.15) is 0 Å². The number of nitrogens with zero attached hydrogens (tertiary/aromatic N) is 2. The number of aromatic nitrogens is 1. The highest BCUT2D eigenvalue weighted by Crippen LogP contribution is 2.23. The Morgan fingerprint density at radius 1 is 1.43 bits per heavy atom. The average Bonchev–Trinajstić information content (AvgIpc) is 2.30. The minimum atomic E-state index is 1.06. The van der Waals surface area contributed by atoms with Crippen LogP contribution >= 0.6 is 0 Å². The molecule has 0 radical (unpaired) electrons. The second-order valence-corrected chi connectivity index (χ2v) is 3.38. The first kappa shape index (κ1) is 9.27. The Morgan fingerprint density at radius 2 is 2.21 bits per heavy atom. The van der Waals surface area contributed by atoms with Crippen LogP contribution in [0.2, 0.25) is 0 Å². The maximum absolute atomic E-state index is 4.11. The van der Waals surface area contributed by atoms with Gasteiger partial charge in [-0.1, -0.05) is 0 Å². The van der Waals surface area contributed by atoms with Crippen LogP contribution in [0.3, 0.4) is 0 Å². The highest BCUT2D eigenvalue weighted by Gasteiger charge is 2.12. The normalized spacial score (nSPS) is 16.8. The van der Waals surface area contributed by atoms with Crippen LogP contribution < -0.4 is 15.5 Å². The molecule has 0 amide bonds. The standard InChI is InChI=1S/C10H16N4/c1-11-9-8-13-3-2-10(9)14-6-4-12-5-7-14/h2-3,8,11-12H,4-7H2,1H3. The predicted octanol–water partition coefficient (Wildman–Crippen LogP) is 0.533. The second-order valence-electron chi connectivity index (χ2n) is 3.38.